The summed E-state index contributed by atoms with van der Waals surface area (Å²) >= 11 is 5.33. The van der Waals surface area contributed by atoms with Gasteiger partial charge in [0.2, 0.25) is 0 Å². The van der Waals surface area contributed by atoms with Crippen molar-refractivity contribution in [2.45, 2.75) is 19.0 Å². The third-order valence-corrected chi connectivity index (χ3v) is 5.59. The van der Waals surface area contributed by atoms with Crippen LogP contribution >= 0.6 is 12.2 Å². The van der Waals surface area contributed by atoms with Crippen LogP contribution in [0, 0.1) is 6.92 Å². The molecule has 18 heavy (non-hydrogen) atoms. The molecule has 2 fully saturated rings. The van der Waals surface area contributed by atoms with Crippen LogP contribution in [-0.2, 0) is 9.84 Å². The van der Waals surface area contributed by atoms with Gasteiger partial charge in [-0.3, -0.25) is 0 Å². The van der Waals surface area contributed by atoms with E-state index < -0.39 is 9.84 Å². The summed E-state index contributed by atoms with van der Waals surface area (Å²) in [5.41, 5.74) is 2.10. The zero-order chi connectivity index (χ0) is 12.9. The molecule has 2 aliphatic heterocycles. The van der Waals surface area contributed by atoms with Crippen LogP contribution in [0.1, 0.15) is 5.56 Å². The summed E-state index contributed by atoms with van der Waals surface area (Å²) in [6.07, 6.45) is 0. The van der Waals surface area contributed by atoms with Crippen molar-refractivity contribution in [1.29, 1.82) is 0 Å². The summed E-state index contributed by atoms with van der Waals surface area (Å²) in [7, 11) is -2.95. The fraction of sp³-hybridized carbons (Fsp3) is 0.417. The van der Waals surface area contributed by atoms with Crippen LogP contribution in [0.3, 0.4) is 0 Å². The number of thiocarbonyl (C=S) groups is 1. The van der Waals surface area contributed by atoms with Gasteiger partial charge in [0.25, 0.3) is 0 Å². The van der Waals surface area contributed by atoms with Gasteiger partial charge >= 0.3 is 0 Å². The normalized spacial score (nSPS) is 29.2. The molecule has 2 heterocycles. The van der Waals surface area contributed by atoms with E-state index in [9.17, 15) is 8.42 Å². The number of sulfone groups is 1. The van der Waals surface area contributed by atoms with Crippen LogP contribution in [0.2, 0.25) is 0 Å². The molecule has 0 amide bonds. The van der Waals surface area contributed by atoms with Crippen molar-refractivity contribution in [3.8, 4) is 0 Å². The van der Waals surface area contributed by atoms with Gasteiger partial charge in [-0.1, -0.05) is 18.2 Å². The number of rotatable bonds is 1. The molecule has 1 aromatic carbocycles. The Balaban J connectivity index is 2.02. The monoisotopic (exact) mass is 282 g/mol. The van der Waals surface area contributed by atoms with Crippen molar-refractivity contribution in [1.82, 2.24) is 5.32 Å². The van der Waals surface area contributed by atoms with E-state index in [0.717, 1.165) is 11.3 Å². The largest absolute Gasteiger partial charge is 0.356 e. The van der Waals surface area contributed by atoms with Gasteiger partial charge < -0.3 is 10.2 Å². The quantitative estimate of drug-likeness (QED) is 0.774. The molecule has 6 heteroatoms. The van der Waals surface area contributed by atoms with Crippen molar-refractivity contribution in [2.75, 3.05) is 16.4 Å². The van der Waals surface area contributed by atoms with Gasteiger partial charge in [-0.2, -0.15) is 0 Å². The minimum atomic E-state index is -2.95. The van der Waals surface area contributed by atoms with Gasteiger partial charge in [-0.25, -0.2) is 8.42 Å². The molecular formula is C12H14N2O2S2. The van der Waals surface area contributed by atoms with E-state index in [1.807, 2.05) is 36.1 Å². The summed E-state index contributed by atoms with van der Waals surface area (Å²) in [5, 5.41) is 3.76. The maximum absolute atomic E-state index is 11.7. The number of benzene rings is 1. The molecular weight excluding hydrogens is 268 g/mol. The van der Waals surface area contributed by atoms with Crippen LogP contribution in [0.25, 0.3) is 0 Å². The summed E-state index contributed by atoms with van der Waals surface area (Å²) in [4.78, 5) is 1.96. The first-order valence-corrected chi connectivity index (χ1v) is 8.07. The Labute approximate surface area is 112 Å². The predicted octanol–water partition coefficient (Wildman–Crippen LogP) is 0.855. The highest BCUT2D eigenvalue weighted by Gasteiger charge is 2.47. The molecule has 96 valence electrons. The number of para-hydroxylation sites is 1. The molecule has 0 bridgehead atoms. The Morgan fingerprint density at radius 3 is 2.78 bits per heavy atom. The molecule has 1 N–H and O–H groups in total. The van der Waals surface area contributed by atoms with E-state index in [0.29, 0.717) is 5.11 Å². The van der Waals surface area contributed by atoms with Crippen molar-refractivity contribution in [2.24, 2.45) is 0 Å². The second kappa shape index (κ2) is 3.93. The minimum absolute atomic E-state index is 0.0661. The van der Waals surface area contributed by atoms with Crippen molar-refractivity contribution >= 4 is 32.9 Å². The van der Waals surface area contributed by atoms with Crippen molar-refractivity contribution < 1.29 is 8.42 Å². The maximum Gasteiger partial charge on any atom is 0.174 e. The van der Waals surface area contributed by atoms with Crippen LogP contribution in [0.5, 0.6) is 0 Å². The zero-order valence-electron chi connectivity index (χ0n) is 9.96. The fourth-order valence-corrected chi connectivity index (χ4v) is 5.00. The van der Waals surface area contributed by atoms with Gasteiger partial charge in [-0.15, -0.1) is 0 Å². The van der Waals surface area contributed by atoms with E-state index in [2.05, 4.69) is 5.32 Å². The molecule has 0 aromatic heterocycles. The highest BCUT2D eigenvalue weighted by Crippen LogP contribution is 2.31. The lowest BCUT2D eigenvalue weighted by atomic mass is 10.1. The molecule has 4 nitrogen and oxygen atoms in total. The summed E-state index contributed by atoms with van der Waals surface area (Å²) in [5.74, 6) is 0.360. The second-order valence-electron chi connectivity index (χ2n) is 4.86. The lowest BCUT2D eigenvalue weighted by molar-refractivity contribution is 0.600. The first kappa shape index (κ1) is 11.9. The number of anilines is 1. The summed E-state index contributed by atoms with van der Waals surface area (Å²) < 4.78 is 23.4. The average molecular weight is 282 g/mol. The van der Waals surface area contributed by atoms with Gasteiger partial charge in [0.05, 0.1) is 23.6 Å². The van der Waals surface area contributed by atoms with Crippen molar-refractivity contribution in [3.63, 3.8) is 0 Å². The second-order valence-corrected chi connectivity index (χ2v) is 7.40. The maximum atomic E-state index is 11.7. The topological polar surface area (TPSA) is 49.4 Å². The fourth-order valence-electron chi connectivity index (χ4n) is 2.72. The van der Waals surface area contributed by atoms with Crippen LogP contribution in [-0.4, -0.2) is 37.1 Å². The molecule has 0 unspecified atom stereocenters. The van der Waals surface area contributed by atoms with E-state index in [4.69, 9.17) is 12.2 Å². The summed E-state index contributed by atoms with van der Waals surface area (Å²) in [6.45, 7) is 2.01. The molecule has 2 saturated heterocycles. The standard InChI is InChI=1S/C12H14N2O2S2/c1-8-4-2-3-5-10(8)14-11-7-18(15,16)6-9(11)13-12(14)17/h2-5,9,11H,6-7H2,1H3,(H,13,17)/t9-,11-/m1/s1. The molecule has 0 spiro atoms. The Hall–Kier alpha value is -1.14. The van der Waals surface area contributed by atoms with Gasteiger partial charge in [0.1, 0.15) is 0 Å². The third-order valence-electron chi connectivity index (χ3n) is 3.56. The molecule has 2 aliphatic rings. The van der Waals surface area contributed by atoms with Crippen molar-refractivity contribution in [3.05, 3.63) is 29.8 Å². The van der Waals surface area contributed by atoms with Gasteiger partial charge in [0.15, 0.2) is 14.9 Å². The highest BCUT2D eigenvalue weighted by molar-refractivity contribution is 7.91. The van der Waals surface area contributed by atoms with Gasteiger partial charge in [0, 0.05) is 5.69 Å². The Bertz CT molecular complexity index is 612. The van der Waals surface area contributed by atoms with Crippen LogP contribution < -0.4 is 10.2 Å². The molecule has 0 aliphatic carbocycles. The molecule has 0 radical (unpaired) electrons. The number of fused-ring (bicyclic) bond motifs is 1. The highest BCUT2D eigenvalue weighted by atomic mass is 32.2. The number of nitrogens with one attached hydrogen (secondary N) is 1. The minimum Gasteiger partial charge on any atom is -0.356 e. The van der Waals surface area contributed by atoms with E-state index in [-0.39, 0.29) is 23.6 Å². The Morgan fingerprint density at radius 2 is 2.06 bits per heavy atom. The van der Waals surface area contributed by atoms with Gasteiger partial charge in [-0.05, 0) is 30.8 Å². The Morgan fingerprint density at radius 1 is 1.33 bits per heavy atom. The van der Waals surface area contributed by atoms with E-state index >= 15 is 0 Å². The zero-order valence-corrected chi connectivity index (χ0v) is 11.6. The molecule has 3 rings (SSSR count). The first-order valence-electron chi connectivity index (χ1n) is 5.84. The lowest BCUT2D eigenvalue weighted by Gasteiger charge is -2.24. The number of hydrogen-bond donors (Lipinski definition) is 1. The van der Waals surface area contributed by atoms with E-state index in [1.165, 1.54) is 0 Å². The molecule has 1 aromatic rings. The summed E-state index contributed by atoms with van der Waals surface area (Å²) in [6, 6.07) is 7.77. The van der Waals surface area contributed by atoms with Crippen LogP contribution in [0.4, 0.5) is 5.69 Å². The number of hydrogen-bond acceptors (Lipinski definition) is 3. The number of nitrogens with zero attached hydrogens (tertiary/aromatic N) is 1. The lowest BCUT2D eigenvalue weighted by Crippen LogP contribution is -2.37. The third kappa shape index (κ3) is 1.80. The molecule has 0 saturated carbocycles. The van der Waals surface area contributed by atoms with Crippen LogP contribution in [0.15, 0.2) is 24.3 Å². The van der Waals surface area contributed by atoms with E-state index in [1.54, 1.807) is 0 Å². The Kier molecular flexibility index (Phi) is 2.60. The average Bonchev–Trinajstić information content (AvgIpc) is 2.70. The number of aryl methyl sites for hydroxylation is 1. The first-order chi connectivity index (χ1) is 8.48. The smallest absolute Gasteiger partial charge is 0.174 e. The predicted molar refractivity (Wildman–Crippen MR) is 75.6 cm³/mol. The molecule has 2 atom stereocenters. The SMILES string of the molecule is Cc1ccccc1N1C(=S)N[C@@H]2CS(=O)(=O)C[C@H]21.